The lowest BCUT2D eigenvalue weighted by Crippen LogP contribution is -2.38. The number of aryl methyl sites for hydroxylation is 2. The number of imidazole rings is 1. The van der Waals surface area contributed by atoms with Gasteiger partial charge in [0.1, 0.15) is 11.9 Å². The van der Waals surface area contributed by atoms with E-state index in [2.05, 4.69) is 16.1 Å². The van der Waals surface area contributed by atoms with E-state index in [-0.39, 0.29) is 17.9 Å². The molecule has 25 heavy (non-hydrogen) atoms. The number of carbonyl (C=O) groups excluding carboxylic acids is 2. The van der Waals surface area contributed by atoms with Crippen molar-refractivity contribution in [2.75, 3.05) is 12.4 Å². The van der Waals surface area contributed by atoms with E-state index in [0.29, 0.717) is 12.8 Å². The molecule has 4 rings (SSSR count). The number of carbonyl (C=O) groups is 2. The van der Waals surface area contributed by atoms with Gasteiger partial charge in [-0.3, -0.25) is 9.59 Å². The van der Waals surface area contributed by atoms with E-state index >= 15 is 0 Å². The van der Waals surface area contributed by atoms with Crippen LogP contribution in [0.2, 0.25) is 0 Å². The number of amides is 2. The second-order valence-electron chi connectivity index (χ2n) is 6.82. The van der Waals surface area contributed by atoms with Crippen molar-refractivity contribution in [1.29, 1.82) is 0 Å². The van der Waals surface area contributed by atoms with E-state index < -0.39 is 0 Å². The number of fused-ring (bicyclic) bond motifs is 1. The fraction of sp³-hybridized carbons (Fsp3) is 0.421. The molecular formula is C19H22N4O2. The monoisotopic (exact) mass is 338 g/mol. The number of nitrogens with one attached hydrogen (secondary N) is 1. The highest BCUT2D eigenvalue weighted by Crippen LogP contribution is 2.24. The van der Waals surface area contributed by atoms with Crippen LogP contribution in [-0.2, 0) is 22.6 Å². The molecule has 1 fully saturated rings. The van der Waals surface area contributed by atoms with Crippen LogP contribution in [-0.4, -0.2) is 39.4 Å². The van der Waals surface area contributed by atoms with Gasteiger partial charge >= 0.3 is 0 Å². The van der Waals surface area contributed by atoms with Crippen molar-refractivity contribution in [3.05, 3.63) is 36.3 Å². The van der Waals surface area contributed by atoms with Crippen molar-refractivity contribution in [2.24, 2.45) is 0 Å². The lowest BCUT2D eigenvalue weighted by atomic mass is 10.1. The van der Waals surface area contributed by atoms with Gasteiger partial charge in [0.2, 0.25) is 11.8 Å². The van der Waals surface area contributed by atoms with Crippen molar-refractivity contribution in [3.8, 4) is 11.3 Å². The summed E-state index contributed by atoms with van der Waals surface area (Å²) in [6.07, 6.45) is 6.60. The van der Waals surface area contributed by atoms with Gasteiger partial charge in [0.25, 0.3) is 0 Å². The number of hydrogen-bond donors (Lipinski definition) is 1. The molecule has 6 nitrogen and oxygen atoms in total. The molecule has 2 aromatic rings. The molecule has 1 aromatic heterocycles. The van der Waals surface area contributed by atoms with E-state index in [1.807, 2.05) is 24.3 Å². The van der Waals surface area contributed by atoms with Gasteiger partial charge in [-0.15, -0.1) is 0 Å². The number of hydrogen-bond acceptors (Lipinski definition) is 3. The van der Waals surface area contributed by atoms with Crippen LogP contribution in [0.5, 0.6) is 0 Å². The fourth-order valence-electron chi connectivity index (χ4n) is 3.61. The summed E-state index contributed by atoms with van der Waals surface area (Å²) in [6, 6.07) is 7.37. The van der Waals surface area contributed by atoms with Crippen LogP contribution in [0.15, 0.2) is 30.5 Å². The van der Waals surface area contributed by atoms with Gasteiger partial charge in [-0.1, -0.05) is 12.1 Å². The Labute approximate surface area is 146 Å². The normalized spacial score (nSPS) is 19.8. The Morgan fingerprint density at radius 2 is 2.00 bits per heavy atom. The number of nitrogens with zero attached hydrogens (tertiary/aromatic N) is 3. The zero-order valence-corrected chi connectivity index (χ0v) is 14.4. The molecule has 1 aromatic carbocycles. The van der Waals surface area contributed by atoms with Crippen LogP contribution in [0.3, 0.4) is 0 Å². The van der Waals surface area contributed by atoms with Crippen LogP contribution in [0.4, 0.5) is 5.69 Å². The lowest BCUT2D eigenvalue weighted by molar-refractivity contribution is -0.131. The highest BCUT2D eigenvalue weighted by atomic mass is 16.2. The van der Waals surface area contributed by atoms with Crippen molar-refractivity contribution in [3.63, 3.8) is 0 Å². The van der Waals surface area contributed by atoms with Gasteiger partial charge in [0.15, 0.2) is 0 Å². The number of anilines is 1. The van der Waals surface area contributed by atoms with E-state index in [9.17, 15) is 9.59 Å². The largest absolute Gasteiger partial charge is 0.334 e. The summed E-state index contributed by atoms with van der Waals surface area (Å²) in [5.41, 5.74) is 2.77. The first-order valence-electron chi connectivity index (χ1n) is 8.85. The summed E-state index contributed by atoms with van der Waals surface area (Å²) in [6.45, 7) is 1.05. The molecule has 0 radical (unpaired) electrons. The van der Waals surface area contributed by atoms with Crippen LogP contribution < -0.4 is 5.32 Å². The number of aromatic nitrogens is 2. The van der Waals surface area contributed by atoms with Gasteiger partial charge in [0, 0.05) is 43.9 Å². The zero-order chi connectivity index (χ0) is 17.4. The average Bonchev–Trinajstić information content (AvgIpc) is 3.19. The second kappa shape index (κ2) is 6.35. The molecular weight excluding hydrogens is 316 g/mol. The first-order valence-corrected chi connectivity index (χ1v) is 8.85. The number of rotatable bonds is 3. The minimum Gasteiger partial charge on any atom is -0.334 e. The predicted molar refractivity (Wildman–Crippen MR) is 95.0 cm³/mol. The van der Waals surface area contributed by atoms with Gasteiger partial charge in [0.05, 0.1) is 5.69 Å². The Morgan fingerprint density at radius 1 is 1.20 bits per heavy atom. The first kappa shape index (κ1) is 15.9. The summed E-state index contributed by atoms with van der Waals surface area (Å²) in [5, 5.41) is 2.90. The molecule has 2 aliphatic heterocycles. The molecule has 130 valence electrons. The van der Waals surface area contributed by atoms with E-state index in [1.54, 1.807) is 7.05 Å². The Balaban J connectivity index is 1.46. The standard InChI is InChI=1S/C19H22N4O2/c1-22-16(9-10-18(22)24)19(25)20-14-7-5-13(6-8-14)15-12-23-11-3-2-4-17(23)21-15/h5-8,12,16H,2-4,9-11H2,1H3,(H,20,25). The topological polar surface area (TPSA) is 67.2 Å². The Kier molecular flexibility index (Phi) is 4.03. The third kappa shape index (κ3) is 3.04. The van der Waals surface area contributed by atoms with Crippen LogP contribution in [0, 0.1) is 0 Å². The third-order valence-electron chi connectivity index (χ3n) is 5.15. The van der Waals surface area contributed by atoms with Gasteiger partial charge in [-0.2, -0.15) is 0 Å². The fourth-order valence-corrected chi connectivity index (χ4v) is 3.61. The second-order valence-corrected chi connectivity index (χ2v) is 6.82. The molecule has 2 amide bonds. The zero-order valence-electron chi connectivity index (χ0n) is 14.4. The molecule has 0 saturated carbocycles. The highest BCUT2D eigenvalue weighted by Gasteiger charge is 2.33. The molecule has 1 unspecified atom stereocenters. The van der Waals surface area contributed by atoms with E-state index in [1.165, 1.54) is 17.7 Å². The summed E-state index contributed by atoms with van der Waals surface area (Å²) in [4.78, 5) is 30.2. The van der Waals surface area contributed by atoms with Gasteiger partial charge in [-0.25, -0.2) is 4.98 Å². The molecule has 0 aliphatic carbocycles. The van der Waals surface area contributed by atoms with Crippen LogP contribution in [0.25, 0.3) is 11.3 Å². The summed E-state index contributed by atoms with van der Waals surface area (Å²) < 4.78 is 2.24. The molecule has 2 aliphatic rings. The summed E-state index contributed by atoms with van der Waals surface area (Å²) in [5.74, 6) is 1.06. The minimum absolute atomic E-state index is 0.0271. The Bertz CT molecular complexity index is 786. The molecule has 6 heteroatoms. The summed E-state index contributed by atoms with van der Waals surface area (Å²) >= 11 is 0. The van der Waals surface area contributed by atoms with Crippen molar-refractivity contribution >= 4 is 17.5 Å². The smallest absolute Gasteiger partial charge is 0.247 e. The first-order chi connectivity index (χ1) is 12.1. The maximum atomic E-state index is 12.3. The van der Waals surface area contributed by atoms with Crippen LogP contribution >= 0.6 is 0 Å². The minimum atomic E-state index is -0.368. The quantitative estimate of drug-likeness (QED) is 0.935. The lowest BCUT2D eigenvalue weighted by Gasteiger charge is -2.19. The van der Waals surface area contributed by atoms with Gasteiger partial charge < -0.3 is 14.8 Å². The number of likely N-dealkylation sites (tertiary alicyclic amines) is 1. The SMILES string of the molecule is CN1C(=O)CCC1C(=O)Nc1ccc(-c2cn3c(n2)CCCC3)cc1. The molecule has 0 bridgehead atoms. The van der Waals surface area contributed by atoms with Crippen molar-refractivity contribution in [1.82, 2.24) is 14.5 Å². The van der Waals surface area contributed by atoms with Crippen molar-refractivity contribution < 1.29 is 9.59 Å². The Hall–Kier alpha value is -2.63. The Morgan fingerprint density at radius 3 is 2.68 bits per heavy atom. The third-order valence-corrected chi connectivity index (χ3v) is 5.15. The van der Waals surface area contributed by atoms with E-state index in [0.717, 1.165) is 35.7 Å². The predicted octanol–water partition coefficient (Wildman–Crippen LogP) is 2.45. The average molecular weight is 338 g/mol. The van der Waals surface area contributed by atoms with Crippen LogP contribution in [0.1, 0.15) is 31.5 Å². The number of benzene rings is 1. The van der Waals surface area contributed by atoms with Gasteiger partial charge in [-0.05, 0) is 31.4 Å². The molecule has 0 spiro atoms. The van der Waals surface area contributed by atoms with Crippen molar-refractivity contribution in [2.45, 2.75) is 44.7 Å². The maximum absolute atomic E-state index is 12.3. The molecule has 3 heterocycles. The molecule has 1 N–H and O–H groups in total. The molecule has 1 atom stereocenters. The molecule has 1 saturated heterocycles. The maximum Gasteiger partial charge on any atom is 0.247 e. The van der Waals surface area contributed by atoms with E-state index in [4.69, 9.17) is 4.98 Å². The number of likely N-dealkylation sites (N-methyl/N-ethyl adjacent to an activating group) is 1. The highest BCUT2D eigenvalue weighted by molar-refractivity contribution is 5.99. The summed E-state index contributed by atoms with van der Waals surface area (Å²) in [7, 11) is 1.68.